The fraction of sp³-hybridized carbons (Fsp3) is 0.857. The Morgan fingerprint density at radius 2 is 1.84 bits per heavy atom. The first-order valence-electron chi connectivity index (χ1n) is 6.98. The van der Waals surface area contributed by atoms with Gasteiger partial charge in [0.2, 0.25) is 12.2 Å². The van der Waals surface area contributed by atoms with Crippen molar-refractivity contribution in [3.63, 3.8) is 0 Å². The molecule has 5 nitrogen and oxygen atoms in total. The van der Waals surface area contributed by atoms with Crippen LogP contribution in [0.3, 0.4) is 0 Å². The third-order valence-electron chi connectivity index (χ3n) is 3.87. The average Bonchev–Trinajstić information content (AvgIpc) is 2.31. The molecular weight excluding hydrogens is 246 g/mol. The van der Waals surface area contributed by atoms with Crippen LogP contribution in [-0.4, -0.2) is 30.3 Å². The summed E-state index contributed by atoms with van der Waals surface area (Å²) in [5, 5.41) is 2.93. The molecule has 19 heavy (non-hydrogen) atoms. The van der Waals surface area contributed by atoms with Gasteiger partial charge < -0.3 is 14.8 Å². The lowest BCUT2D eigenvalue weighted by molar-refractivity contribution is -0.227. The molecule has 0 bridgehead atoms. The van der Waals surface area contributed by atoms with Crippen molar-refractivity contribution < 1.29 is 19.1 Å². The number of hydrogen-bond donors (Lipinski definition) is 1. The molecule has 0 spiro atoms. The Hall–Kier alpha value is -1.10. The molecule has 0 aromatic carbocycles. The number of nitrogens with one attached hydrogen (secondary N) is 1. The maximum absolute atomic E-state index is 11.8. The van der Waals surface area contributed by atoms with Gasteiger partial charge in [0, 0.05) is 13.3 Å². The van der Waals surface area contributed by atoms with Crippen molar-refractivity contribution in [3.05, 3.63) is 0 Å². The van der Waals surface area contributed by atoms with Crippen molar-refractivity contribution in [2.75, 3.05) is 0 Å². The Kier molecular flexibility index (Phi) is 5.79. The van der Waals surface area contributed by atoms with Gasteiger partial charge in [-0.05, 0) is 25.2 Å². The van der Waals surface area contributed by atoms with Crippen LogP contribution in [-0.2, 0) is 19.1 Å². The lowest BCUT2D eigenvalue weighted by Gasteiger charge is -2.43. The zero-order valence-corrected chi connectivity index (χ0v) is 12.4. The van der Waals surface area contributed by atoms with Crippen LogP contribution in [0.15, 0.2) is 0 Å². The third-order valence-corrected chi connectivity index (χ3v) is 3.87. The zero-order valence-electron chi connectivity index (χ0n) is 12.4. The Morgan fingerprint density at radius 3 is 2.37 bits per heavy atom. The second-order valence-electron chi connectivity index (χ2n) is 5.38. The molecule has 5 atom stereocenters. The maximum Gasteiger partial charge on any atom is 0.305 e. The summed E-state index contributed by atoms with van der Waals surface area (Å²) >= 11 is 0. The number of amides is 1. The third kappa shape index (κ3) is 4.20. The SMILES string of the molecule is CCCC(=O)NC1C(OC(C)=O)OC(C)[C@@H](C)[C@@H]1C. The fourth-order valence-electron chi connectivity index (χ4n) is 2.37. The molecule has 0 aliphatic carbocycles. The molecule has 1 fully saturated rings. The summed E-state index contributed by atoms with van der Waals surface area (Å²) in [5.74, 6) is 0.0585. The monoisotopic (exact) mass is 271 g/mol. The van der Waals surface area contributed by atoms with Gasteiger partial charge in [0.1, 0.15) is 0 Å². The van der Waals surface area contributed by atoms with Gasteiger partial charge in [0.05, 0.1) is 12.1 Å². The minimum atomic E-state index is -0.695. The van der Waals surface area contributed by atoms with E-state index in [1.165, 1.54) is 6.92 Å². The van der Waals surface area contributed by atoms with Crippen molar-refractivity contribution in [1.82, 2.24) is 5.32 Å². The van der Waals surface area contributed by atoms with Crippen molar-refractivity contribution in [3.8, 4) is 0 Å². The Balaban J connectivity index is 2.78. The van der Waals surface area contributed by atoms with E-state index < -0.39 is 12.3 Å². The maximum atomic E-state index is 11.8. The lowest BCUT2D eigenvalue weighted by atomic mass is 9.82. The first-order valence-corrected chi connectivity index (χ1v) is 6.98. The van der Waals surface area contributed by atoms with Crippen LogP contribution < -0.4 is 5.32 Å². The molecule has 3 unspecified atom stereocenters. The van der Waals surface area contributed by atoms with Crippen LogP contribution in [0.5, 0.6) is 0 Å². The predicted octanol–water partition coefficient (Wildman–Crippen LogP) is 1.85. The van der Waals surface area contributed by atoms with Gasteiger partial charge in [0.15, 0.2) is 0 Å². The highest BCUT2D eigenvalue weighted by Crippen LogP contribution is 2.31. The average molecular weight is 271 g/mol. The topological polar surface area (TPSA) is 64.6 Å². The highest BCUT2D eigenvalue weighted by atomic mass is 16.7. The van der Waals surface area contributed by atoms with Gasteiger partial charge in [0.25, 0.3) is 0 Å². The smallest absolute Gasteiger partial charge is 0.305 e. The molecule has 1 rings (SSSR count). The van der Waals surface area contributed by atoms with Crippen LogP contribution in [0.25, 0.3) is 0 Å². The van der Waals surface area contributed by atoms with E-state index in [0.29, 0.717) is 12.3 Å². The molecule has 0 saturated carbocycles. The highest BCUT2D eigenvalue weighted by molar-refractivity contribution is 5.76. The predicted molar refractivity (Wildman–Crippen MR) is 71.3 cm³/mol. The molecule has 1 heterocycles. The van der Waals surface area contributed by atoms with E-state index >= 15 is 0 Å². The van der Waals surface area contributed by atoms with E-state index in [1.807, 2.05) is 13.8 Å². The minimum Gasteiger partial charge on any atom is -0.434 e. The van der Waals surface area contributed by atoms with E-state index in [0.717, 1.165) is 6.42 Å². The summed E-state index contributed by atoms with van der Waals surface area (Å²) in [6.45, 7) is 9.40. The van der Waals surface area contributed by atoms with Gasteiger partial charge in [-0.25, -0.2) is 0 Å². The van der Waals surface area contributed by atoms with E-state index in [-0.39, 0.29) is 24.0 Å². The molecule has 1 N–H and O–H groups in total. The highest BCUT2D eigenvalue weighted by Gasteiger charge is 2.42. The van der Waals surface area contributed by atoms with E-state index in [1.54, 1.807) is 0 Å². The van der Waals surface area contributed by atoms with Crippen LogP contribution in [0.1, 0.15) is 47.5 Å². The molecule has 5 heteroatoms. The quantitative estimate of drug-likeness (QED) is 0.793. The standard InChI is InChI=1S/C14H25NO4/c1-6-7-12(17)15-13-9(3)8(2)10(4)18-14(13)19-11(5)16/h8-10,13-14H,6-7H2,1-5H3,(H,15,17)/t8-,9-,10?,13?,14?/m0/s1. The van der Waals surface area contributed by atoms with Gasteiger partial charge in [-0.1, -0.05) is 20.8 Å². The lowest BCUT2D eigenvalue weighted by Crippen LogP contribution is -2.57. The molecule has 0 radical (unpaired) electrons. The van der Waals surface area contributed by atoms with E-state index in [4.69, 9.17) is 9.47 Å². The van der Waals surface area contributed by atoms with Crippen LogP contribution >= 0.6 is 0 Å². The van der Waals surface area contributed by atoms with E-state index in [9.17, 15) is 9.59 Å². The first kappa shape index (κ1) is 16.0. The number of ether oxygens (including phenoxy) is 2. The molecule has 110 valence electrons. The van der Waals surface area contributed by atoms with Crippen molar-refractivity contribution >= 4 is 11.9 Å². The molecule has 1 saturated heterocycles. The Labute approximate surface area is 115 Å². The summed E-state index contributed by atoms with van der Waals surface area (Å²) in [4.78, 5) is 22.9. The molecule has 1 aliphatic rings. The number of esters is 1. The van der Waals surface area contributed by atoms with Crippen LogP contribution in [0.2, 0.25) is 0 Å². The number of carbonyl (C=O) groups excluding carboxylic acids is 2. The van der Waals surface area contributed by atoms with Crippen molar-refractivity contribution in [2.24, 2.45) is 11.8 Å². The molecular formula is C14H25NO4. The fourth-order valence-corrected chi connectivity index (χ4v) is 2.37. The summed E-state index contributed by atoms with van der Waals surface area (Å²) in [6, 6.07) is -0.283. The van der Waals surface area contributed by atoms with Gasteiger partial charge in [-0.2, -0.15) is 0 Å². The van der Waals surface area contributed by atoms with Crippen molar-refractivity contribution in [2.45, 2.75) is 65.9 Å². The molecule has 1 aliphatic heterocycles. The second-order valence-corrected chi connectivity index (χ2v) is 5.38. The number of carbonyl (C=O) groups is 2. The van der Waals surface area contributed by atoms with Crippen LogP contribution in [0, 0.1) is 11.8 Å². The van der Waals surface area contributed by atoms with Gasteiger partial charge >= 0.3 is 5.97 Å². The normalized spacial score (nSPS) is 34.7. The van der Waals surface area contributed by atoms with Crippen LogP contribution in [0.4, 0.5) is 0 Å². The summed E-state index contributed by atoms with van der Waals surface area (Å²) in [5.41, 5.74) is 0. The van der Waals surface area contributed by atoms with Gasteiger partial charge in [-0.15, -0.1) is 0 Å². The number of hydrogen-bond acceptors (Lipinski definition) is 4. The Bertz CT molecular complexity index is 331. The second kappa shape index (κ2) is 6.89. The number of rotatable bonds is 4. The molecule has 0 aromatic heterocycles. The summed E-state index contributed by atoms with van der Waals surface area (Å²) in [6.07, 6.45) is 0.566. The Morgan fingerprint density at radius 1 is 1.21 bits per heavy atom. The largest absolute Gasteiger partial charge is 0.434 e. The zero-order chi connectivity index (χ0) is 14.6. The van der Waals surface area contributed by atoms with Crippen molar-refractivity contribution in [1.29, 1.82) is 0 Å². The van der Waals surface area contributed by atoms with Gasteiger partial charge in [-0.3, -0.25) is 9.59 Å². The molecule has 0 aromatic rings. The van der Waals surface area contributed by atoms with E-state index in [2.05, 4.69) is 19.2 Å². The summed E-state index contributed by atoms with van der Waals surface area (Å²) < 4.78 is 10.9. The summed E-state index contributed by atoms with van der Waals surface area (Å²) in [7, 11) is 0. The minimum absolute atomic E-state index is 0.00122. The molecule has 1 amide bonds. The first-order chi connectivity index (χ1) is 8.86.